The van der Waals surface area contributed by atoms with Crippen LogP contribution >= 0.6 is 11.6 Å². The lowest BCUT2D eigenvalue weighted by Crippen LogP contribution is -1.89. The van der Waals surface area contributed by atoms with Gasteiger partial charge in [-0.1, -0.05) is 18.5 Å². The lowest BCUT2D eigenvalue weighted by molar-refractivity contribution is 0.471. The molecule has 0 spiro atoms. The summed E-state index contributed by atoms with van der Waals surface area (Å²) < 4.78 is 0. The molecule has 0 aliphatic carbocycles. The number of hydrogen-bond acceptors (Lipinski definition) is 2. The lowest BCUT2D eigenvalue weighted by Gasteiger charge is -2.04. The third kappa shape index (κ3) is 1.57. The molecule has 0 fully saturated rings. The van der Waals surface area contributed by atoms with Crippen LogP contribution in [-0.2, 0) is 6.42 Å². The molecule has 3 N–H and O–H groups in total. The Morgan fingerprint density at radius 3 is 2.73 bits per heavy atom. The van der Waals surface area contributed by atoms with Gasteiger partial charge < -0.3 is 10.8 Å². The first-order valence-electron chi connectivity index (χ1n) is 3.42. The molecule has 1 rings (SSSR count). The summed E-state index contributed by atoms with van der Waals surface area (Å²) in [7, 11) is 0. The Labute approximate surface area is 70.6 Å². The van der Waals surface area contributed by atoms with Crippen molar-refractivity contribution in [1.82, 2.24) is 0 Å². The van der Waals surface area contributed by atoms with E-state index >= 15 is 0 Å². The molecule has 0 heterocycles. The third-order valence-electron chi connectivity index (χ3n) is 1.56. The molecule has 0 aliphatic heterocycles. The Morgan fingerprint density at radius 2 is 2.18 bits per heavy atom. The Balaban J connectivity index is 3.24. The number of benzene rings is 1. The zero-order chi connectivity index (χ0) is 8.43. The second-order valence-electron chi connectivity index (χ2n) is 2.36. The van der Waals surface area contributed by atoms with Gasteiger partial charge in [-0.2, -0.15) is 0 Å². The van der Waals surface area contributed by atoms with Crippen LogP contribution in [0.4, 0.5) is 5.69 Å². The molecule has 3 heteroatoms. The van der Waals surface area contributed by atoms with Crippen molar-refractivity contribution in [1.29, 1.82) is 0 Å². The monoisotopic (exact) mass is 171 g/mol. The summed E-state index contributed by atoms with van der Waals surface area (Å²) in [4.78, 5) is 0. The fourth-order valence-corrected chi connectivity index (χ4v) is 1.20. The fourth-order valence-electron chi connectivity index (χ4n) is 0.948. The summed E-state index contributed by atoms with van der Waals surface area (Å²) in [5, 5.41) is 9.91. The van der Waals surface area contributed by atoms with Crippen LogP contribution in [0.1, 0.15) is 12.5 Å². The van der Waals surface area contributed by atoms with Crippen LogP contribution in [0.25, 0.3) is 0 Å². The van der Waals surface area contributed by atoms with Crippen molar-refractivity contribution in [2.75, 3.05) is 5.73 Å². The first kappa shape index (κ1) is 8.21. The van der Waals surface area contributed by atoms with E-state index in [2.05, 4.69) is 0 Å². The minimum atomic E-state index is 0.150. The van der Waals surface area contributed by atoms with Crippen molar-refractivity contribution < 1.29 is 5.11 Å². The molecule has 0 atom stereocenters. The molecule has 0 aliphatic rings. The summed E-state index contributed by atoms with van der Waals surface area (Å²) in [5.74, 6) is 0.150. The van der Waals surface area contributed by atoms with E-state index in [1.165, 1.54) is 6.07 Å². The third-order valence-corrected chi connectivity index (χ3v) is 1.78. The molecular formula is C8H10ClNO. The number of anilines is 1. The predicted molar refractivity (Wildman–Crippen MR) is 46.9 cm³/mol. The van der Waals surface area contributed by atoms with E-state index in [0.717, 1.165) is 12.0 Å². The number of aryl methyl sites for hydroxylation is 1. The molecule has 0 aromatic heterocycles. The largest absolute Gasteiger partial charge is 0.506 e. The van der Waals surface area contributed by atoms with E-state index < -0.39 is 0 Å². The fraction of sp³-hybridized carbons (Fsp3) is 0.250. The van der Waals surface area contributed by atoms with Gasteiger partial charge in [0.15, 0.2) is 0 Å². The average molecular weight is 172 g/mol. The second kappa shape index (κ2) is 3.01. The van der Waals surface area contributed by atoms with Crippen molar-refractivity contribution in [3.8, 4) is 5.75 Å². The molecule has 1 aromatic rings. The molecule has 0 amide bonds. The number of halogens is 1. The number of phenolic OH excluding ortho intramolecular Hbond substituents is 1. The molecule has 1 aromatic carbocycles. The van der Waals surface area contributed by atoms with Gasteiger partial charge in [0, 0.05) is 5.02 Å². The van der Waals surface area contributed by atoms with Crippen molar-refractivity contribution in [3.05, 3.63) is 22.7 Å². The van der Waals surface area contributed by atoms with E-state index in [1.807, 2.05) is 6.92 Å². The smallest absolute Gasteiger partial charge is 0.141 e. The van der Waals surface area contributed by atoms with Crippen LogP contribution in [-0.4, -0.2) is 5.11 Å². The highest BCUT2D eigenvalue weighted by molar-refractivity contribution is 6.31. The lowest BCUT2D eigenvalue weighted by atomic mass is 10.1. The van der Waals surface area contributed by atoms with Gasteiger partial charge in [0.1, 0.15) is 5.75 Å². The van der Waals surface area contributed by atoms with E-state index in [1.54, 1.807) is 6.07 Å². The Morgan fingerprint density at radius 1 is 1.55 bits per heavy atom. The highest BCUT2D eigenvalue weighted by atomic mass is 35.5. The average Bonchev–Trinajstić information content (AvgIpc) is 1.96. The second-order valence-corrected chi connectivity index (χ2v) is 2.79. The van der Waals surface area contributed by atoms with Crippen molar-refractivity contribution in [2.45, 2.75) is 13.3 Å². The number of rotatable bonds is 1. The van der Waals surface area contributed by atoms with Crippen LogP contribution in [0, 0.1) is 0 Å². The summed E-state index contributed by atoms with van der Waals surface area (Å²) in [6.45, 7) is 1.94. The van der Waals surface area contributed by atoms with E-state index in [4.69, 9.17) is 17.3 Å². The van der Waals surface area contributed by atoms with Gasteiger partial charge in [-0.25, -0.2) is 0 Å². The predicted octanol–water partition coefficient (Wildman–Crippen LogP) is 2.19. The Hall–Kier alpha value is -0.890. The molecule has 60 valence electrons. The normalized spacial score (nSPS) is 10.0. The van der Waals surface area contributed by atoms with Crippen LogP contribution in [0.15, 0.2) is 12.1 Å². The Kier molecular flexibility index (Phi) is 2.25. The molecule has 0 bridgehead atoms. The zero-order valence-electron chi connectivity index (χ0n) is 6.26. The van der Waals surface area contributed by atoms with Crippen LogP contribution in [0.2, 0.25) is 5.02 Å². The Bertz CT molecular complexity index is 273. The molecule has 0 saturated carbocycles. The quantitative estimate of drug-likeness (QED) is 0.503. The molecule has 0 saturated heterocycles. The molecule has 2 nitrogen and oxygen atoms in total. The topological polar surface area (TPSA) is 46.2 Å². The molecular weight excluding hydrogens is 162 g/mol. The SMILES string of the molecule is CCc1cc(Cl)cc(N)c1O. The maximum Gasteiger partial charge on any atom is 0.141 e. The maximum atomic E-state index is 9.34. The standard InChI is InChI=1S/C8H10ClNO/c1-2-5-3-6(9)4-7(10)8(5)11/h3-4,11H,2,10H2,1H3. The van der Waals surface area contributed by atoms with E-state index in [0.29, 0.717) is 10.7 Å². The van der Waals surface area contributed by atoms with Crippen molar-refractivity contribution >= 4 is 17.3 Å². The number of aromatic hydroxyl groups is 1. The van der Waals surface area contributed by atoms with Crippen molar-refractivity contribution in [2.24, 2.45) is 0 Å². The zero-order valence-corrected chi connectivity index (χ0v) is 7.02. The van der Waals surface area contributed by atoms with E-state index in [9.17, 15) is 5.11 Å². The summed E-state index contributed by atoms with van der Waals surface area (Å²) >= 11 is 5.71. The highest BCUT2D eigenvalue weighted by Gasteiger charge is 2.03. The van der Waals surface area contributed by atoms with Crippen LogP contribution < -0.4 is 5.73 Å². The van der Waals surface area contributed by atoms with E-state index in [-0.39, 0.29) is 5.75 Å². The minimum absolute atomic E-state index is 0.150. The maximum absolute atomic E-state index is 9.34. The molecule has 0 unspecified atom stereocenters. The number of hydrogen-bond donors (Lipinski definition) is 2. The first-order valence-corrected chi connectivity index (χ1v) is 3.79. The van der Waals surface area contributed by atoms with Gasteiger partial charge in [0.05, 0.1) is 5.69 Å². The van der Waals surface area contributed by atoms with Gasteiger partial charge >= 0.3 is 0 Å². The summed E-state index contributed by atoms with van der Waals surface area (Å²) in [6, 6.07) is 3.25. The van der Waals surface area contributed by atoms with Crippen LogP contribution in [0.3, 0.4) is 0 Å². The number of phenols is 1. The van der Waals surface area contributed by atoms with Gasteiger partial charge in [-0.15, -0.1) is 0 Å². The van der Waals surface area contributed by atoms with Crippen molar-refractivity contribution in [3.63, 3.8) is 0 Å². The number of nitrogen functional groups attached to an aromatic ring is 1. The minimum Gasteiger partial charge on any atom is -0.506 e. The van der Waals surface area contributed by atoms with Gasteiger partial charge in [0.25, 0.3) is 0 Å². The number of nitrogens with two attached hydrogens (primary N) is 1. The molecule has 0 radical (unpaired) electrons. The summed E-state index contributed by atoms with van der Waals surface area (Å²) in [6.07, 6.45) is 0.733. The van der Waals surface area contributed by atoms with Gasteiger partial charge in [0.2, 0.25) is 0 Å². The van der Waals surface area contributed by atoms with Crippen LogP contribution in [0.5, 0.6) is 5.75 Å². The molecule has 11 heavy (non-hydrogen) atoms. The highest BCUT2D eigenvalue weighted by Crippen LogP contribution is 2.29. The van der Waals surface area contributed by atoms with Gasteiger partial charge in [-0.05, 0) is 24.1 Å². The summed E-state index contributed by atoms with van der Waals surface area (Å²) in [5.41, 5.74) is 6.59. The first-order chi connectivity index (χ1) is 5.15. The van der Waals surface area contributed by atoms with Gasteiger partial charge in [-0.3, -0.25) is 0 Å².